The Labute approximate surface area is 191 Å². The maximum absolute atomic E-state index is 12.8. The molecule has 0 saturated heterocycles. The SMILES string of the molecule is CC(C)Oc1cc(C(=O)Nc2nc(CC(=O)O)cs2)cc(O[C@H](C)CC2=CC=CCC2)n1. The molecule has 2 N–H and O–H groups in total. The van der Waals surface area contributed by atoms with E-state index in [4.69, 9.17) is 14.6 Å². The molecule has 0 unspecified atom stereocenters. The van der Waals surface area contributed by atoms with Gasteiger partial charge in [0.1, 0.15) is 6.10 Å². The summed E-state index contributed by atoms with van der Waals surface area (Å²) in [6, 6.07) is 3.12. The van der Waals surface area contributed by atoms with Gasteiger partial charge in [-0.05, 0) is 33.6 Å². The van der Waals surface area contributed by atoms with Crippen molar-refractivity contribution in [2.24, 2.45) is 0 Å². The van der Waals surface area contributed by atoms with Gasteiger partial charge in [0.05, 0.1) is 23.8 Å². The lowest BCUT2D eigenvalue weighted by molar-refractivity contribution is -0.136. The van der Waals surface area contributed by atoms with Gasteiger partial charge in [0, 0.05) is 23.9 Å². The first kappa shape index (κ1) is 23.5. The van der Waals surface area contributed by atoms with Crippen LogP contribution in [-0.4, -0.2) is 39.2 Å². The van der Waals surface area contributed by atoms with Crippen molar-refractivity contribution >= 4 is 28.3 Å². The van der Waals surface area contributed by atoms with Crippen molar-refractivity contribution in [1.82, 2.24) is 9.97 Å². The molecule has 0 fully saturated rings. The zero-order valence-corrected chi connectivity index (χ0v) is 19.1. The number of allylic oxidation sites excluding steroid dienone is 3. The molecule has 0 spiro atoms. The number of thiazole rings is 1. The number of hydrogen-bond donors (Lipinski definition) is 2. The van der Waals surface area contributed by atoms with E-state index in [1.54, 1.807) is 17.5 Å². The largest absolute Gasteiger partial charge is 0.481 e. The second kappa shape index (κ2) is 10.9. The average molecular weight is 458 g/mol. The molecule has 1 atom stereocenters. The fourth-order valence-corrected chi connectivity index (χ4v) is 3.89. The van der Waals surface area contributed by atoms with Gasteiger partial charge in [-0.15, -0.1) is 11.3 Å². The molecule has 9 heteroatoms. The molecule has 2 aromatic heterocycles. The van der Waals surface area contributed by atoms with E-state index < -0.39 is 11.9 Å². The first-order chi connectivity index (χ1) is 15.3. The first-order valence-electron chi connectivity index (χ1n) is 10.5. The van der Waals surface area contributed by atoms with Crippen LogP contribution in [0.1, 0.15) is 56.1 Å². The molecule has 1 aliphatic carbocycles. The lowest BCUT2D eigenvalue weighted by Gasteiger charge is -2.18. The molecular weight excluding hydrogens is 430 g/mol. The van der Waals surface area contributed by atoms with Crippen LogP contribution in [0.5, 0.6) is 11.8 Å². The third kappa shape index (κ3) is 7.19. The van der Waals surface area contributed by atoms with Crippen molar-refractivity contribution in [3.8, 4) is 11.8 Å². The van der Waals surface area contributed by atoms with E-state index in [9.17, 15) is 9.59 Å². The predicted octanol–water partition coefficient (Wildman–Crippen LogP) is 4.64. The van der Waals surface area contributed by atoms with Crippen molar-refractivity contribution in [3.05, 3.63) is 52.6 Å². The second-order valence-electron chi connectivity index (χ2n) is 7.79. The molecule has 1 amide bonds. The summed E-state index contributed by atoms with van der Waals surface area (Å²) in [5.41, 5.74) is 2.02. The Morgan fingerprint density at radius 2 is 1.94 bits per heavy atom. The van der Waals surface area contributed by atoms with Crippen LogP contribution in [0.3, 0.4) is 0 Å². The van der Waals surface area contributed by atoms with Gasteiger partial charge < -0.3 is 14.6 Å². The van der Waals surface area contributed by atoms with E-state index in [0.29, 0.717) is 28.1 Å². The smallest absolute Gasteiger partial charge is 0.309 e. The van der Waals surface area contributed by atoms with Gasteiger partial charge >= 0.3 is 5.97 Å². The number of aromatic nitrogens is 2. The highest BCUT2D eigenvalue weighted by atomic mass is 32.1. The average Bonchev–Trinajstić information content (AvgIpc) is 3.13. The van der Waals surface area contributed by atoms with Crippen molar-refractivity contribution in [3.63, 3.8) is 0 Å². The van der Waals surface area contributed by atoms with E-state index in [0.717, 1.165) is 19.3 Å². The van der Waals surface area contributed by atoms with E-state index >= 15 is 0 Å². The number of carbonyl (C=O) groups excluding carboxylic acids is 1. The van der Waals surface area contributed by atoms with Crippen LogP contribution < -0.4 is 14.8 Å². The molecular formula is C23H27N3O5S. The van der Waals surface area contributed by atoms with Gasteiger partial charge in [0.15, 0.2) is 5.13 Å². The highest BCUT2D eigenvalue weighted by Gasteiger charge is 2.17. The lowest BCUT2D eigenvalue weighted by Crippen LogP contribution is -2.17. The minimum Gasteiger partial charge on any atom is -0.481 e. The van der Waals surface area contributed by atoms with Gasteiger partial charge in [0.25, 0.3) is 5.91 Å². The number of pyridine rings is 1. The normalized spacial score (nSPS) is 14.1. The van der Waals surface area contributed by atoms with Gasteiger partial charge in [-0.25, -0.2) is 4.98 Å². The summed E-state index contributed by atoms with van der Waals surface area (Å²) in [5, 5.41) is 13.5. The maximum Gasteiger partial charge on any atom is 0.309 e. The highest BCUT2D eigenvalue weighted by molar-refractivity contribution is 7.14. The number of rotatable bonds is 10. The van der Waals surface area contributed by atoms with Crippen molar-refractivity contribution in [2.45, 2.75) is 58.7 Å². The van der Waals surface area contributed by atoms with E-state index in [1.807, 2.05) is 20.8 Å². The van der Waals surface area contributed by atoms with Crippen LogP contribution in [0.25, 0.3) is 0 Å². The Morgan fingerprint density at radius 3 is 2.59 bits per heavy atom. The van der Waals surface area contributed by atoms with Crippen LogP contribution >= 0.6 is 11.3 Å². The number of amides is 1. The predicted molar refractivity (Wildman–Crippen MR) is 123 cm³/mol. The van der Waals surface area contributed by atoms with Crippen LogP contribution in [0.2, 0.25) is 0 Å². The third-order valence-electron chi connectivity index (χ3n) is 4.47. The summed E-state index contributed by atoms with van der Waals surface area (Å²) in [6.07, 6.45) is 8.69. The van der Waals surface area contributed by atoms with Gasteiger partial charge in [-0.3, -0.25) is 14.9 Å². The molecule has 1 aliphatic rings. The molecule has 32 heavy (non-hydrogen) atoms. The summed E-state index contributed by atoms with van der Waals surface area (Å²) >= 11 is 1.17. The van der Waals surface area contributed by atoms with Crippen molar-refractivity contribution in [1.29, 1.82) is 0 Å². The maximum atomic E-state index is 12.8. The summed E-state index contributed by atoms with van der Waals surface area (Å²) in [5.74, 6) is -0.789. The number of nitrogens with one attached hydrogen (secondary N) is 1. The fraction of sp³-hybridized carbons (Fsp3) is 0.391. The van der Waals surface area contributed by atoms with Gasteiger partial charge in [0.2, 0.25) is 11.8 Å². The highest BCUT2D eigenvalue weighted by Crippen LogP contribution is 2.24. The second-order valence-corrected chi connectivity index (χ2v) is 8.65. The molecule has 0 aromatic carbocycles. The van der Waals surface area contributed by atoms with Crippen molar-refractivity contribution < 1.29 is 24.2 Å². The summed E-state index contributed by atoms with van der Waals surface area (Å²) in [4.78, 5) is 32.2. The van der Waals surface area contributed by atoms with E-state index in [1.165, 1.54) is 16.9 Å². The van der Waals surface area contributed by atoms with Crippen LogP contribution in [0, 0.1) is 0 Å². The zero-order valence-electron chi connectivity index (χ0n) is 18.3. The number of anilines is 1. The van der Waals surface area contributed by atoms with E-state index in [2.05, 4.69) is 33.5 Å². The number of ether oxygens (including phenoxy) is 2. The Morgan fingerprint density at radius 1 is 1.19 bits per heavy atom. The zero-order chi connectivity index (χ0) is 23.1. The minimum atomic E-state index is -0.978. The first-order valence-corrected chi connectivity index (χ1v) is 11.3. The third-order valence-corrected chi connectivity index (χ3v) is 5.28. The molecule has 2 aromatic rings. The fourth-order valence-electron chi connectivity index (χ4n) is 3.18. The Balaban J connectivity index is 1.74. The number of nitrogens with zero attached hydrogens (tertiary/aromatic N) is 2. The number of carboxylic acid groups (broad SMARTS) is 1. The van der Waals surface area contributed by atoms with Gasteiger partial charge in [-0.1, -0.05) is 23.8 Å². The monoisotopic (exact) mass is 457 g/mol. The van der Waals surface area contributed by atoms with Crippen LogP contribution in [0.15, 0.2) is 41.3 Å². The summed E-state index contributed by atoms with van der Waals surface area (Å²) in [7, 11) is 0. The van der Waals surface area contributed by atoms with Crippen molar-refractivity contribution in [2.75, 3.05) is 5.32 Å². The topological polar surface area (TPSA) is 111 Å². The number of carboxylic acids is 1. The molecule has 0 bridgehead atoms. The minimum absolute atomic E-state index is 0.122. The molecule has 170 valence electrons. The molecule has 0 saturated carbocycles. The molecule has 0 radical (unpaired) electrons. The number of carbonyl (C=O) groups is 2. The molecule has 2 heterocycles. The number of aliphatic carboxylic acids is 1. The molecule has 3 rings (SSSR count). The summed E-state index contributed by atoms with van der Waals surface area (Å²) < 4.78 is 11.7. The van der Waals surface area contributed by atoms with E-state index in [-0.39, 0.29) is 18.6 Å². The quantitative estimate of drug-likeness (QED) is 0.535. The Hall–Kier alpha value is -3.20. The Bertz CT molecular complexity index is 1030. The lowest BCUT2D eigenvalue weighted by atomic mass is 10.00. The van der Waals surface area contributed by atoms with Crippen LogP contribution in [-0.2, 0) is 11.2 Å². The summed E-state index contributed by atoms with van der Waals surface area (Å²) in [6.45, 7) is 5.72. The standard InChI is InChI=1S/C23H27N3O5S/c1-14(2)30-19-10-17(22(29)26-23-24-18(13-32-23)12-21(27)28)11-20(25-19)31-15(3)9-16-7-5-4-6-8-16/h4-5,7,10-11,13-15H,6,8-9,12H2,1-3H3,(H,27,28)(H,24,26,29)/t15-/m1/s1. The number of hydrogen-bond acceptors (Lipinski definition) is 7. The molecule has 0 aliphatic heterocycles. The van der Waals surface area contributed by atoms with Gasteiger partial charge in [-0.2, -0.15) is 4.98 Å². The van der Waals surface area contributed by atoms with Crippen LogP contribution in [0.4, 0.5) is 5.13 Å². The Kier molecular flexibility index (Phi) is 7.99. The molecule has 8 nitrogen and oxygen atoms in total.